The second-order valence-corrected chi connectivity index (χ2v) is 11.1. The maximum atomic E-state index is 13.4. The Hall–Kier alpha value is -3.78. The van der Waals surface area contributed by atoms with Crippen LogP contribution < -0.4 is 0 Å². The summed E-state index contributed by atoms with van der Waals surface area (Å²) in [6, 6.07) is 4.97. The smallest absolute Gasteiger partial charge is 0.353 e. The van der Waals surface area contributed by atoms with Crippen molar-refractivity contribution in [2.24, 2.45) is 11.8 Å². The van der Waals surface area contributed by atoms with Crippen LogP contribution in [-0.4, -0.2) is 81.8 Å². The van der Waals surface area contributed by atoms with Gasteiger partial charge in [-0.2, -0.15) is 5.10 Å². The van der Waals surface area contributed by atoms with Gasteiger partial charge < -0.3 is 20.0 Å². The lowest BCUT2D eigenvalue weighted by molar-refractivity contribution is -0.384. The van der Waals surface area contributed by atoms with Crippen LogP contribution in [0.2, 0.25) is 0 Å². The number of aliphatic hydroxyl groups excluding tert-OH is 1. The number of aromatic amines is 1. The lowest BCUT2D eigenvalue weighted by Crippen LogP contribution is -2.63. The summed E-state index contributed by atoms with van der Waals surface area (Å²) in [4.78, 5) is 56.4. The fourth-order valence-corrected chi connectivity index (χ4v) is 7.19. The zero-order chi connectivity index (χ0) is 27.3. The molecule has 0 spiro atoms. The molecule has 0 aliphatic carbocycles. The standard InChI is InChI=1S/C24H26N6O7S/c1-11-19-18(12(2)31)23(33)29(19)20(24(34)35)21(11)38-15-8-16(22-25-10-26-27-22)28(9-15)17(32)7-13-3-5-14(6-4-13)30(36)37/h3-6,10-12,15-16,18-19,31H,7-9H2,1-2H3,(H,34,35)(H,25,26,27)/t11-,12-,15+,16+,18-,19-/m1/s1. The van der Waals surface area contributed by atoms with E-state index in [4.69, 9.17) is 0 Å². The van der Waals surface area contributed by atoms with Crippen molar-refractivity contribution in [1.82, 2.24) is 25.0 Å². The number of nitrogens with zero attached hydrogens (tertiary/aromatic N) is 5. The minimum Gasteiger partial charge on any atom is -0.477 e. The number of amides is 2. The highest BCUT2D eigenvalue weighted by Gasteiger charge is 2.60. The molecule has 14 heteroatoms. The monoisotopic (exact) mass is 542 g/mol. The van der Waals surface area contributed by atoms with E-state index in [1.54, 1.807) is 17.0 Å². The molecular formula is C24H26N6O7S. The summed E-state index contributed by atoms with van der Waals surface area (Å²) in [6.45, 7) is 3.70. The van der Waals surface area contributed by atoms with Crippen molar-refractivity contribution in [3.63, 3.8) is 0 Å². The average Bonchev–Trinajstić information content (AvgIpc) is 3.58. The van der Waals surface area contributed by atoms with Gasteiger partial charge in [0.15, 0.2) is 0 Å². The molecule has 200 valence electrons. The number of rotatable bonds is 8. The number of aliphatic hydroxyl groups is 1. The number of carboxylic acids is 1. The van der Waals surface area contributed by atoms with Crippen molar-refractivity contribution in [2.75, 3.05) is 6.54 Å². The molecule has 0 bridgehead atoms. The maximum absolute atomic E-state index is 13.4. The number of likely N-dealkylation sites (tertiary alicyclic amines) is 1. The molecule has 3 aliphatic heterocycles. The number of H-pyrrole nitrogens is 1. The van der Waals surface area contributed by atoms with Crippen LogP contribution >= 0.6 is 11.8 Å². The highest BCUT2D eigenvalue weighted by atomic mass is 32.2. The molecule has 0 saturated carbocycles. The Kier molecular flexibility index (Phi) is 6.69. The van der Waals surface area contributed by atoms with Crippen molar-refractivity contribution in [3.8, 4) is 0 Å². The van der Waals surface area contributed by atoms with Crippen LogP contribution in [0.3, 0.4) is 0 Å². The first-order valence-corrected chi connectivity index (χ1v) is 13.0. The van der Waals surface area contributed by atoms with Gasteiger partial charge in [0, 0.05) is 34.8 Å². The number of aliphatic carboxylic acids is 1. The van der Waals surface area contributed by atoms with E-state index in [1.165, 1.54) is 42.0 Å². The van der Waals surface area contributed by atoms with E-state index < -0.39 is 40.9 Å². The van der Waals surface area contributed by atoms with Gasteiger partial charge in [0.25, 0.3) is 5.69 Å². The van der Waals surface area contributed by atoms with Crippen LogP contribution in [-0.2, 0) is 20.8 Å². The summed E-state index contributed by atoms with van der Waals surface area (Å²) in [5, 5.41) is 37.5. The second kappa shape index (κ2) is 9.83. The van der Waals surface area contributed by atoms with Gasteiger partial charge >= 0.3 is 5.97 Å². The van der Waals surface area contributed by atoms with Crippen molar-refractivity contribution in [3.05, 3.63) is 62.7 Å². The number of nitrogens with one attached hydrogen (secondary N) is 1. The lowest BCUT2D eigenvalue weighted by Gasteiger charge is -2.46. The van der Waals surface area contributed by atoms with Crippen molar-refractivity contribution < 1.29 is 29.5 Å². The van der Waals surface area contributed by atoms with Gasteiger partial charge in [-0.3, -0.25) is 24.8 Å². The third-order valence-corrected chi connectivity index (χ3v) is 8.93. The highest BCUT2D eigenvalue weighted by Crippen LogP contribution is 2.53. The van der Waals surface area contributed by atoms with E-state index in [-0.39, 0.29) is 34.9 Å². The van der Waals surface area contributed by atoms with Gasteiger partial charge in [-0.15, -0.1) is 11.8 Å². The number of thioether (sulfide) groups is 1. The number of hydrogen-bond donors (Lipinski definition) is 3. The van der Waals surface area contributed by atoms with Gasteiger partial charge in [0.2, 0.25) is 11.8 Å². The molecule has 38 heavy (non-hydrogen) atoms. The van der Waals surface area contributed by atoms with E-state index in [0.717, 1.165) is 0 Å². The number of aromatic nitrogens is 3. The first-order chi connectivity index (χ1) is 18.1. The minimum atomic E-state index is -1.20. The van der Waals surface area contributed by atoms with Crippen LogP contribution in [0.25, 0.3) is 0 Å². The second-order valence-electron chi connectivity index (χ2n) is 9.78. The van der Waals surface area contributed by atoms with Gasteiger partial charge in [0.1, 0.15) is 17.8 Å². The molecule has 3 aliphatic rings. The van der Waals surface area contributed by atoms with Gasteiger partial charge in [-0.05, 0) is 18.9 Å². The Morgan fingerprint density at radius 2 is 2.03 bits per heavy atom. The van der Waals surface area contributed by atoms with E-state index in [1.807, 2.05) is 6.92 Å². The zero-order valence-corrected chi connectivity index (χ0v) is 21.4. The fraction of sp³-hybridized carbons (Fsp3) is 0.458. The highest BCUT2D eigenvalue weighted by molar-refractivity contribution is 8.03. The fourth-order valence-electron chi connectivity index (χ4n) is 5.66. The average molecular weight is 543 g/mol. The zero-order valence-electron chi connectivity index (χ0n) is 20.6. The number of benzene rings is 1. The topological polar surface area (TPSA) is 183 Å². The molecule has 1 aromatic heterocycles. The number of carbonyl (C=O) groups is 3. The summed E-state index contributed by atoms with van der Waals surface area (Å²) in [5.74, 6) is -2.22. The molecule has 1 aromatic carbocycles. The largest absolute Gasteiger partial charge is 0.477 e. The number of carbonyl (C=O) groups excluding carboxylic acids is 2. The number of carboxylic acid groups (broad SMARTS) is 1. The van der Waals surface area contributed by atoms with E-state index in [9.17, 15) is 34.7 Å². The van der Waals surface area contributed by atoms with Crippen molar-refractivity contribution in [1.29, 1.82) is 0 Å². The number of fused-ring (bicyclic) bond motifs is 1. The SMILES string of the molecule is C[C@@H](O)[C@H]1C(=O)N2C(C(=O)O)=C(S[C@H]3C[C@@H](c4ncn[nH]4)N(C(=O)Cc4ccc([N+](=O)[O-])cc4)C3)[C@H](C)[C@H]12. The summed E-state index contributed by atoms with van der Waals surface area (Å²) in [6.07, 6.45) is 0.972. The Morgan fingerprint density at radius 3 is 2.61 bits per heavy atom. The van der Waals surface area contributed by atoms with Crippen LogP contribution in [0, 0.1) is 22.0 Å². The van der Waals surface area contributed by atoms with Crippen LogP contribution in [0.5, 0.6) is 0 Å². The summed E-state index contributed by atoms with van der Waals surface area (Å²) in [5.41, 5.74) is 0.509. The predicted octanol–water partition coefficient (Wildman–Crippen LogP) is 1.48. The molecule has 3 N–H and O–H groups in total. The molecule has 0 unspecified atom stereocenters. The number of hydrogen-bond acceptors (Lipinski definition) is 9. The third-order valence-electron chi connectivity index (χ3n) is 7.44. The van der Waals surface area contributed by atoms with Crippen LogP contribution in [0.1, 0.15) is 37.7 Å². The normalized spacial score (nSPS) is 27.3. The molecule has 4 heterocycles. The van der Waals surface area contributed by atoms with E-state index >= 15 is 0 Å². The van der Waals surface area contributed by atoms with Gasteiger partial charge in [-0.25, -0.2) is 9.78 Å². The van der Waals surface area contributed by atoms with Crippen LogP contribution in [0.4, 0.5) is 5.69 Å². The number of nitro benzene ring substituents is 1. The summed E-state index contributed by atoms with van der Waals surface area (Å²) < 4.78 is 0. The predicted molar refractivity (Wildman–Crippen MR) is 133 cm³/mol. The van der Waals surface area contributed by atoms with Gasteiger partial charge in [0.05, 0.1) is 35.4 Å². The quantitative estimate of drug-likeness (QED) is 0.251. The molecule has 0 radical (unpaired) electrons. The molecule has 6 atom stereocenters. The minimum absolute atomic E-state index is 0.0277. The molecule has 2 aromatic rings. The van der Waals surface area contributed by atoms with E-state index in [0.29, 0.717) is 29.3 Å². The Labute approximate surface area is 221 Å². The molecule has 5 rings (SSSR count). The Bertz CT molecular complexity index is 1310. The first-order valence-electron chi connectivity index (χ1n) is 12.1. The summed E-state index contributed by atoms with van der Waals surface area (Å²) >= 11 is 1.35. The Morgan fingerprint density at radius 1 is 1.32 bits per heavy atom. The molecule has 2 fully saturated rings. The van der Waals surface area contributed by atoms with E-state index in [2.05, 4.69) is 15.2 Å². The number of non-ortho nitro benzene ring substituents is 1. The molecule has 2 amide bonds. The number of β-lactam (4-membered cyclic amide) rings is 1. The molecule has 2 saturated heterocycles. The number of nitro groups is 1. The maximum Gasteiger partial charge on any atom is 0.353 e. The third kappa shape index (κ3) is 4.32. The lowest BCUT2D eigenvalue weighted by atomic mass is 9.79. The van der Waals surface area contributed by atoms with Crippen molar-refractivity contribution in [2.45, 2.75) is 50.1 Å². The molecule has 13 nitrogen and oxygen atoms in total. The Balaban J connectivity index is 1.37. The summed E-state index contributed by atoms with van der Waals surface area (Å²) in [7, 11) is 0. The van der Waals surface area contributed by atoms with Crippen molar-refractivity contribution >= 4 is 35.2 Å². The van der Waals surface area contributed by atoms with Gasteiger partial charge in [-0.1, -0.05) is 19.1 Å². The first kappa shape index (κ1) is 25.9. The van der Waals surface area contributed by atoms with Crippen LogP contribution in [0.15, 0.2) is 41.2 Å². The molecular weight excluding hydrogens is 516 g/mol.